The van der Waals surface area contributed by atoms with Crippen molar-refractivity contribution in [3.05, 3.63) is 59.7 Å². The van der Waals surface area contributed by atoms with Crippen molar-refractivity contribution in [2.24, 2.45) is 0 Å². The van der Waals surface area contributed by atoms with Gasteiger partial charge < -0.3 is 19.8 Å². The van der Waals surface area contributed by atoms with Crippen LogP contribution in [0.2, 0.25) is 0 Å². The largest absolute Gasteiger partial charge is 0.497 e. The molecule has 0 aliphatic carbocycles. The number of hydrogen-bond acceptors (Lipinski definition) is 7. The van der Waals surface area contributed by atoms with Crippen molar-refractivity contribution in [1.82, 2.24) is 15.5 Å². The van der Waals surface area contributed by atoms with Gasteiger partial charge in [-0.1, -0.05) is 23.3 Å². The molecular weight excluding hydrogens is 452 g/mol. The maximum absolute atomic E-state index is 14.5. The van der Waals surface area contributed by atoms with Gasteiger partial charge in [0.1, 0.15) is 23.4 Å². The van der Waals surface area contributed by atoms with E-state index in [0.717, 1.165) is 12.1 Å². The first-order valence-electron chi connectivity index (χ1n) is 9.11. The minimum atomic E-state index is -2.00. The first-order chi connectivity index (χ1) is 15.3. The van der Waals surface area contributed by atoms with E-state index in [1.165, 1.54) is 7.11 Å². The van der Waals surface area contributed by atoms with Crippen molar-refractivity contribution in [2.75, 3.05) is 19.0 Å². The molecule has 32 heavy (non-hydrogen) atoms. The third kappa shape index (κ3) is 5.38. The Kier molecular flexibility index (Phi) is 7.36. The Morgan fingerprint density at radius 2 is 1.81 bits per heavy atom. The van der Waals surface area contributed by atoms with Crippen LogP contribution < -0.4 is 15.4 Å². The van der Waals surface area contributed by atoms with Gasteiger partial charge in [0.25, 0.3) is 0 Å². The standard InChI is InChI=1S/C19H16F2N4O3.CF2S/c1-27-11-7-13(20)15(14(21)8-11)12-9-22-17(26)16(12)23-19-25-24-18(28-19)10-5-3-2-4-6-10;2-1(3)4/h2-8,12,16H,9H2,1H3,(H,22,26)(H,23,25);/t12-,16-;/m0./s1. The molecule has 7 nitrogen and oxygen atoms in total. The molecule has 1 aromatic heterocycles. The Labute approximate surface area is 184 Å². The van der Waals surface area contributed by atoms with Crippen molar-refractivity contribution in [2.45, 2.75) is 12.0 Å². The Morgan fingerprint density at radius 3 is 2.41 bits per heavy atom. The maximum atomic E-state index is 14.5. The summed E-state index contributed by atoms with van der Waals surface area (Å²) in [7, 11) is 1.32. The molecule has 1 fully saturated rings. The number of hydrogen-bond donors (Lipinski definition) is 2. The van der Waals surface area contributed by atoms with Crippen LogP contribution in [-0.2, 0) is 4.79 Å². The molecule has 1 saturated heterocycles. The van der Waals surface area contributed by atoms with E-state index in [-0.39, 0.29) is 29.8 Å². The zero-order chi connectivity index (χ0) is 23.3. The second-order valence-electron chi connectivity index (χ2n) is 6.48. The average Bonchev–Trinajstić information content (AvgIpc) is 3.36. The van der Waals surface area contributed by atoms with E-state index in [2.05, 4.69) is 33.0 Å². The summed E-state index contributed by atoms with van der Waals surface area (Å²) in [6, 6.07) is 10.3. The van der Waals surface area contributed by atoms with Gasteiger partial charge in [-0.3, -0.25) is 4.79 Å². The van der Waals surface area contributed by atoms with Gasteiger partial charge in [-0.2, -0.15) is 8.78 Å². The van der Waals surface area contributed by atoms with E-state index in [1.807, 2.05) is 18.2 Å². The Morgan fingerprint density at radius 1 is 1.19 bits per heavy atom. The third-order valence-electron chi connectivity index (χ3n) is 4.56. The zero-order valence-electron chi connectivity index (χ0n) is 16.4. The number of methoxy groups -OCH3 is 1. The van der Waals surface area contributed by atoms with Crippen LogP contribution in [-0.4, -0.2) is 41.2 Å². The minimum absolute atomic E-state index is 0.0137. The molecule has 1 aliphatic heterocycles. The summed E-state index contributed by atoms with van der Waals surface area (Å²) in [4.78, 5) is 12.3. The normalized spacial score (nSPS) is 17.2. The highest BCUT2D eigenvalue weighted by Crippen LogP contribution is 2.33. The van der Waals surface area contributed by atoms with E-state index in [1.54, 1.807) is 12.1 Å². The molecule has 1 aliphatic rings. The fourth-order valence-corrected chi connectivity index (χ4v) is 3.20. The Bertz CT molecular complexity index is 1090. The van der Waals surface area contributed by atoms with Crippen LogP contribution in [0.1, 0.15) is 11.5 Å². The highest BCUT2D eigenvalue weighted by atomic mass is 32.1. The molecule has 0 bridgehead atoms. The monoisotopic (exact) mass is 468 g/mol. The van der Waals surface area contributed by atoms with Gasteiger partial charge in [-0.25, -0.2) is 8.78 Å². The first-order valence-corrected chi connectivity index (χ1v) is 9.52. The molecule has 2 N–H and O–H groups in total. The highest BCUT2D eigenvalue weighted by Gasteiger charge is 2.40. The molecule has 2 heterocycles. The SMILES string of the molecule is COc1cc(F)c([C@@H]2CNC(=O)[C@H]2Nc2nnc(-c3ccccc3)o2)c(F)c1.FC(F)=S. The smallest absolute Gasteiger partial charge is 0.334 e. The molecule has 168 valence electrons. The summed E-state index contributed by atoms with van der Waals surface area (Å²) in [6.45, 7) is 0.0658. The number of ether oxygens (including phenoxy) is 1. The van der Waals surface area contributed by atoms with Crippen molar-refractivity contribution in [3.63, 3.8) is 0 Å². The molecule has 0 saturated carbocycles. The molecule has 0 radical (unpaired) electrons. The van der Waals surface area contributed by atoms with Gasteiger partial charge in [0.2, 0.25) is 11.8 Å². The van der Waals surface area contributed by atoms with Crippen LogP contribution in [0.15, 0.2) is 46.9 Å². The predicted octanol–water partition coefficient (Wildman–Crippen LogP) is 3.93. The molecule has 2 atom stereocenters. The number of carbonyl (C=O) groups excluding carboxylic acids is 1. The number of amides is 1. The van der Waals surface area contributed by atoms with Crippen LogP contribution in [0.3, 0.4) is 0 Å². The third-order valence-corrected chi connectivity index (χ3v) is 4.56. The van der Waals surface area contributed by atoms with E-state index < -0.39 is 34.9 Å². The lowest BCUT2D eigenvalue weighted by Gasteiger charge is -2.19. The molecule has 1 amide bonds. The topological polar surface area (TPSA) is 89.3 Å². The van der Waals surface area contributed by atoms with Crippen LogP contribution in [0, 0.1) is 11.6 Å². The summed E-state index contributed by atoms with van der Waals surface area (Å²) >= 11 is 3.20. The summed E-state index contributed by atoms with van der Waals surface area (Å²) in [5, 5.41) is 11.2. The number of nitrogens with one attached hydrogen (secondary N) is 2. The number of nitrogens with zero attached hydrogens (tertiary/aromatic N) is 2. The van der Waals surface area contributed by atoms with Crippen LogP contribution >= 0.6 is 12.2 Å². The second kappa shape index (κ2) is 10.2. The van der Waals surface area contributed by atoms with Gasteiger partial charge >= 0.3 is 11.4 Å². The van der Waals surface area contributed by atoms with Crippen LogP contribution in [0.25, 0.3) is 11.5 Å². The Hall–Kier alpha value is -3.54. The lowest BCUT2D eigenvalue weighted by molar-refractivity contribution is -0.119. The molecule has 2 aromatic carbocycles. The zero-order valence-corrected chi connectivity index (χ0v) is 17.3. The molecule has 3 aromatic rings. The predicted molar refractivity (Wildman–Crippen MR) is 111 cm³/mol. The average molecular weight is 468 g/mol. The number of rotatable bonds is 5. The first kappa shape index (κ1) is 23.1. The van der Waals surface area contributed by atoms with Gasteiger partial charge in [0.15, 0.2) is 0 Å². The number of halogens is 4. The fourth-order valence-electron chi connectivity index (χ4n) is 3.20. The molecular formula is C20H16F4N4O3S. The van der Waals surface area contributed by atoms with Crippen LogP contribution in [0.5, 0.6) is 5.75 Å². The van der Waals surface area contributed by atoms with Gasteiger partial charge in [0.05, 0.1) is 7.11 Å². The van der Waals surface area contributed by atoms with Crippen molar-refractivity contribution >= 4 is 29.5 Å². The molecule has 4 rings (SSSR count). The molecule has 0 spiro atoms. The summed E-state index contributed by atoms with van der Waals surface area (Å²) < 4.78 is 59.5. The second-order valence-corrected chi connectivity index (χ2v) is 6.79. The van der Waals surface area contributed by atoms with E-state index in [4.69, 9.17) is 9.15 Å². The van der Waals surface area contributed by atoms with Crippen molar-refractivity contribution in [1.29, 1.82) is 0 Å². The van der Waals surface area contributed by atoms with E-state index >= 15 is 0 Å². The van der Waals surface area contributed by atoms with Gasteiger partial charge in [0, 0.05) is 35.7 Å². The van der Waals surface area contributed by atoms with Gasteiger partial charge in [-0.15, -0.1) is 5.10 Å². The van der Waals surface area contributed by atoms with Crippen molar-refractivity contribution < 1.29 is 31.5 Å². The van der Waals surface area contributed by atoms with E-state index in [0.29, 0.717) is 5.56 Å². The lowest BCUT2D eigenvalue weighted by Crippen LogP contribution is -2.33. The van der Waals surface area contributed by atoms with E-state index in [9.17, 15) is 22.4 Å². The number of benzene rings is 2. The number of aromatic nitrogens is 2. The van der Waals surface area contributed by atoms with Crippen LogP contribution in [0.4, 0.5) is 23.6 Å². The molecule has 0 unspecified atom stereocenters. The van der Waals surface area contributed by atoms with Gasteiger partial charge in [-0.05, 0) is 24.4 Å². The number of carbonyl (C=O) groups is 1. The maximum Gasteiger partial charge on any atom is 0.334 e. The van der Waals surface area contributed by atoms with Crippen molar-refractivity contribution in [3.8, 4) is 17.2 Å². The lowest BCUT2D eigenvalue weighted by atomic mass is 9.93. The molecule has 12 heteroatoms. The summed E-state index contributed by atoms with van der Waals surface area (Å²) in [5.41, 5.74) is 0.502. The summed E-state index contributed by atoms with van der Waals surface area (Å²) in [5.74, 6) is -2.48. The highest BCUT2D eigenvalue weighted by molar-refractivity contribution is 7.79. The quantitative estimate of drug-likeness (QED) is 0.333. The number of thiocarbonyl (C=S) groups is 1. The Balaban J connectivity index is 0.000000668. The fraction of sp³-hybridized carbons (Fsp3) is 0.200. The number of anilines is 1. The minimum Gasteiger partial charge on any atom is -0.497 e. The summed E-state index contributed by atoms with van der Waals surface area (Å²) in [6.07, 6.45) is 0.